The van der Waals surface area contributed by atoms with Crippen molar-refractivity contribution in [2.24, 2.45) is 17.3 Å². The van der Waals surface area contributed by atoms with Crippen molar-refractivity contribution in [3.63, 3.8) is 0 Å². The summed E-state index contributed by atoms with van der Waals surface area (Å²) in [5, 5.41) is 2.95. The van der Waals surface area contributed by atoms with Crippen molar-refractivity contribution < 1.29 is 28.0 Å². The Hall–Kier alpha value is -2.39. The summed E-state index contributed by atoms with van der Waals surface area (Å²) in [7, 11) is -0.608. The van der Waals surface area contributed by atoms with Gasteiger partial charge < -0.3 is 24.3 Å². The standard InChI is InChI=1S/C27H36BFN2O5/c1-5-24(32)31-15-19(29)14-20(31)16-34-25(33)30-23(11-17-9-7-6-8-10-17)28-35-22-13-18-12-21(26(18,2)3)27(22,4)36-28/h5-10,18-23H,1,11-16H2,2-4H3,(H,30,33)/t18-,19-,20+,21-,22+,23-,27-/m0/s1. The van der Waals surface area contributed by atoms with E-state index in [1.165, 1.54) is 4.90 Å². The molecule has 2 heterocycles. The van der Waals surface area contributed by atoms with E-state index in [2.05, 4.69) is 32.7 Å². The van der Waals surface area contributed by atoms with Gasteiger partial charge in [0.2, 0.25) is 5.91 Å². The molecule has 3 saturated carbocycles. The second-order valence-electron chi connectivity index (χ2n) is 11.6. The van der Waals surface area contributed by atoms with Gasteiger partial charge in [0.25, 0.3) is 0 Å². The third kappa shape index (κ3) is 4.45. The van der Waals surface area contributed by atoms with Crippen molar-refractivity contribution in [2.75, 3.05) is 13.2 Å². The molecule has 36 heavy (non-hydrogen) atoms. The van der Waals surface area contributed by atoms with Crippen LogP contribution in [0, 0.1) is 17.3 Å². The Morgan fingerprint density at radius 2 is 2.03 bits per heavy atom. The smallest absolute Gasteiger partial charge is 0.447 e. The lowest BCUT2D eigenvalue weighted by atomic mass is 9.43. The third-order valence-electron chi connectivity index (χ3n) is 9.13. The normalized spacial score (nSPS) is 34.9. The Labute approximate surface area is 212 Å². The third-order valence-corrected chi connectivity index (χ3v) is 9.13. The van der Waals surface area contributed by atoms with E-state index in [-0.39, 0.29) is 37.0 Å². The summed E-state index contributed by atoms with van der Waals surface area (Å²) in [4.78, 5) is 26.3. The molecular formula is C27H36BFN2O5. The molecule has 7 nitrogen and oxygen atoms in total. The van der Waals surface area contributed by atoms with E-state index in [1.54, 1.807) is 0 Å². The first-order chi connectivity index (χ1) is 17.1. The molecule has 2 aliphatic heterocycles. The van der Waals surface area contributed by atoms with Crippen LogP contribution in [-0.2, 0) is 25.3 Å². The highest BCUT2D eigenvalue weighted by atomic mass is 19.1. The van der Waals surface area contributed by atoms with Crippen LogP contribution in [0.25, 0.3) is 0 Å². The second-order valence-corrected chi connectivity index (χ2v) is 11.6. The molecular weight excluding hydrogens is 462 g/mol. The molecule has 0 radical (unpaired) electrons. The molecule has 1 aromatic carbocycles. The van der Waals surface area contributed by atoms with E-state index in [9.17, 15) is 14.0 Å². The number of benzene rings is 1. The fourth-order valence-electron chi connectivity index (χ4n) is 6.92. The van der Waals surface area contributed by atoms with Crippen molar-refractivity contribution in [2.45, 2.75) is 76.3 Å². The molecule has 194 valence electrons. The molecule has 6 rings (SSSR count). The molecule has 3 aliphatic carbocycles. The quantitative estimate of drug-likeness (QED) is 0.458. The summed E-state index contributed by atoms with van der Waals surface area (Å²) < 4.78 is 32.5. The van der Waals surface area contributed by atoms with Gasteiger partial charge in [-0.15, -0.1) is 0 Å². The highest BCUT2D eigenvalue weighted by molar-refractivity contribution is 6.47. The second kappa shape index (κ2) is 9.49. The predicted octanol–water partition coefficient (Wildman–Crippen LogP) is 3.72. The number of hydrogen-bond donors (Lipinski definition) is 1. The predicted molar refractivity (Wildman–Crippen MR) is 134 cm³/mol. The van der Waals surface area contributed by atoms with Crippen molar-refractivity contribution in [3.05, 3.63) is 48.6 Å². The molecule has 5 aliphatic rings. The Morgan fingerprint density at radius 1 is 1.28 bits per heavy atom. The first kappa shape index (κ1) is 25.3. The zero-order chi connectivity index (χ0) is 25.7. The highest BCUT2D eigenvalue weighted by Crippen LogP contribution is 2.65. The molecule has 1 N–H and O–H groups in total. The number of nitrogens with one attached hydrogen (secondary N) is 1. The van der Waals surface area contributed by atoms with Crippen molar-refractivity contribution in [1.29, 1.82) is 0 Å². The summed E-state index contributed by atoms with van der Waals surface area (Å²) in [5.74, 6) is 0.204. The van der Waals surface area contributed by atoms with Crippen LogP contribution in [0.5, 0.6) is 0 Å². The summed E-state index contributed by atoms with van der Waals surface area (Å²) in [6.45, 7) is 10.1. The Bertz CT molecular complexity index is 1010. The highest BCUT2D eigenvalue weighted by Gasteiger charge is 2.68. The van der Waals surface area contributed by atoms with Crippen LogP contribution in [0.15, 0.2) is 43.0 Å². The summed E-state index contributed by atoms with van der Waals surface area (Å²) in [6, 6.07) is 9.35. The van der Waals surface area contributed by atoms with Gasteiger partial charge in [-0.2, -0.15) is 0 Å². The SMILES string of the molecule is C=CC(=O)N1C[C@@H](F)C[C@@H]1COC(=O)N[C@@H](Cc1ccccc1)B1O[C@@H]2C[C@@H]3C[C@@H](C3(C)C)[C@]2(C)O1. The number of ether oxygens (including phenoxy) is 1. The number of likely N-dealkylation sites (tertiary alicyclic amines) is 1. The minimum atomic E-state index is -1.14. The number of carbonyl (C=O) groups is 2. The summed E-state index contributed by atoms with van der Waals surface area (Å²) >= 11 is 0. The zero-order valence-electron chi connectivity index (χ0n) is 21.3. The van der Waals surface area contributed by atoms with Crippen LogP contribution >= 0.6 is 0 Å². The van der Waals surface area contributed by atoms with E-state index in [1.807, 2.05) is 30.3 Å². The van der Waals surface area contributed by atoms with E-state index in [0.717, 1.165) is 24.5 Å². The van der Waals surface area contributed by atoms with E-state index in [0.29, 0.717) is 18.3 Å². The van der Waals surface area contributed by atoms with Crippen molar-refractivity contribution in [3.8, 4) is 0 Å². The monoisotopic (exact) mass is 498 g/mol. The molecule has 7 atom stereocenters. The fourth-order valence-corrected chi connectivity index (χ4v) is 6.92. The molecule has 0 spiro atoms. The van der Waals surface area contributed by atoms with E-state index >= 15 is 0 Å². The van der Waals surface area contributed by atoms with Crippen molar-refractivity contribution >= 4 is 19.1 Å². The molecule has 9 heteroatoms. The number of halogens is 1. The van der Waals surface area contributed by atoms with Crippen LogP contribution in [0.3, 0.4) is 0 Å². The number of hydrogen-bond acceptors (Lipinski definition) is 5. The van der Waals surface area contributed by atoms with Crippen LogP contribution in [0.4, 0.5) is 9.18 Å². The summed E-state index contributed by atoms with van der Waals surface area (Å²) in [6.07, 6.45) is 2.11. The lowest BCUT2D eigenvalue weighted by Gasteiger charge is -2.64. The van der Waals surface area contributed by atoms with Crippen LogP contribution in [0.1, 0.15) is 45.6 Å². The van der Waals surface area contributed by atoms with Gasteiger partial charge in [0.1, 0.15) is 12.8 Å². The zero-order valence-corrected chi connectivity index (χ0v) is 21.3. The maximum absolute atomic E-state index is 14.0. The minimum Gasteiger partial charge on any atom is -0.447 e. The van der Waals surface area contributed by atoms with Gasteiger partial charge >= 0.3 is 13.2 Å². The van der Waals surface area contributed by atoms with Gasteiger partial charge in [0.05, 0.1) is 30.2 Å². The van der Waals surface area contributed by atoms with Gasteiger partial charge in [0, 0.05) is 6.42 Å². The van der Waals surface area contributed by atoms with Crippen LogP contribution in [-0.4, -0.2) is 67.0 Å². The number of nitrogens with zero attached hydrogens (tertiary/aromatic N) is 1. The molecule has 0 unspecified atom stereocenters. The van der Waals surface area contributed by atoms with E-state index < -0.39 is 37.0 Å². The Morgan fingerprint density at radius 3 is 2.72 bits per heavy atom. The maximum atomic E-state index is 14.0. The first-order valence-corrected chi connectivity index (χ1v) is 13.0. The van der Waals surface area contributed by atoms with Gasteiger partial charge in [-0.05, 0) is 55.1 Å². The first-order valence-electron chi connectivity index (χ1n) is 13.0. The number of carbonyl (C=O) groups excluding carboxylic acids is 2. The lowest BCUT2D eigenvalue weighted by Crippen LogP contribution is -2.65. The molecule has 1 aromatic rings. The van der Waals surface area contributed by atoms with Gasteiger partial charge in [-0.1, -0.05) is 50.8 Å². The number of rotatable bonds is 7. The minimum absolute atomic E-state index is 0.00572. The molecule has 0 aromatic heterocycles. The average Bonchev–Trinajstić information content (AvgIpc) is 3.41. The number of alkyl halides is 1. The van der Waals surface area contributed by atoms with Gasteiger partial charge in [-0.3, -0.25) is 4.79 Å². The maximum Gasteiger partial charge on any atom is 0.482 e. The molecule has 5 fully saturated rings. The van der Waals surface area contributed by atoms with Crippen molar-refractivity contribution in [1.82, 2.24) is 10.2 Å². The fraction of sp³-hybridized carbons (Fsp3) is 0.630. The molecule has 2 bridgehead atoms. The Balaban J connectivity index is 1.26. The van der Waals surface area contributed by atoms with Gasteiger partial charge in [0.15, 0.2) is 0 Å². The largest absolute Gasteiger partial charge is 0.482 e. The van der Waals surface area contributed by atoms with Gasteiger partial charge in [-0.25, -0.2) is 9.18 Å². The summed E-state index contributed by atoms with van der Waals surface area (Å²) in [5.41, 5.74) is 0.864. The van der Waals surface area contributed by atoms with E-state index in [4.69, 9.17) is 14.0 Å². The number of alkyl carbamates (subject to hydrolysis) is 1. The lowest BCUT2D eigenvalue weighted by molar-refractivity contribution is -0.199. The van der Waals surface area contributed by atoms with Crippen LogP contribution in [0.2, 0.25) is 0 Å². The van der Waals surface area contributed by atoms with Crippen LogP contribution < -0.4 is 5.32 Å². The number of amides is 2. The average molecular weight is 498 g/mol. The topological polar surface area (TPSA) is 77.1 Å². The Kier molecular flexibility index (Phi) is 6.66. The molecule has 2 amide bonds. The molecule has 2 saturated heterocycles.